The molecular weight excluding hydrogens is 287 g/mol. The van der Waals surface area contributed by atoms with Gasteiger partial charge in [-0.2, -0.15) is 0 Å². The predicted molar refractivity (Wildman–Crippen MR) is 72.3 cm³/mol. The third-order valence-corrected chi connectivity index (χ3v) is 3.70. The Morgan fingerprint density at radius 1 is 1.45 bits per heavy atom. The van der Waals surface area contributed by atoms with Crippen LogP contribution in [0, 0.1) is 17.7 Å². The molecular formula is C13H14ClFN2O3. The molecule has 1 fully saturated rings. The van der Waals surface area contributed by atoms with Gasteiger partial charge in [-0.1, -0.05) is 18.5 Å². The summed E-state index contributed by atoms with van der Waals surface area (Å²) in [5, 5.41) is 11.7. The molecule has 2 N–H and O–H groups in total. The van der Waals surface area contributed by atoms with Crippen LogP contribution < -0.4 is 5.32 Å². The number of anilines is 1. The molecule has 1 aromatic carbocycles. The number of carbonyl (C=O) groups excluding carboxylic acids is 1. The van der Waals surface area contributed by atoms with E-state index in [1.807, 2.05) is 0 Å². The van der Waals surface area contributed by atoms with Crippen LogP contribution in [0.15, 0.2) is 18.2 Å². The van der Waals surface area contributed by atoms with Crippen molar-refractivity contribution in [3.05, 3.63) is 29.0 Å². The molecule has 1 aliphatic heterocycles. The zero-order valence-electron chi connectivity index (χ0n) is 10.8. The van der Waals surface area contributed by atoms with Crippen molar-refractivity contribution in [3.63, 3.8) is 0 Å². The maximum absolute atomic E-state index is 12.9. The standard InChI is InChI=1S/C13H14ClFN2O3/c1-7-5-17(6-9(7)12(18)19)13(20)16-11-3-2-8(15)4-10(11)14/h2-4,7,9H,5-6H2,1H3,(H,16,20)(H,18,19)/t7-,9-/m1/s1. The number of hydrogen-bond acceptors (Lipinski definition) is 2. The lowest BCUT2D eigenvalue weighted by Gasteiger charge is -2.17. The third-order valence-electron chi connectivity index (χ3n) is 3.39. The summed E-state index contributed by atoms with van der Waals surface area (Å²) in [7, 11) is 0. The fourth-order valence-electron chi connectivity index (χ4n) is 2.24. The number of halogens is 2. The first-order valence-corrected chi connectivity index (χ1v) is 6.50. The van der Waals surface area contributed by atoms with Crippen LogP contribution in [0.5, 0.6) is 0 Å². The summed E-state index contributed by atoms with van der Waals surface area (Å²) in [5.41, 5.74) is 0.296. The van der Waals surface area contributed by atoms with E-state index in [2.05, 4.69) is 5.32 Å². The Labute approximate surface area is 120 Å². The highest BCUT2D eigenvalue weighted by atomic mass is 35.5. The fraction of sp³-hybridized carbons (Fsp3) is 0.385. The molecule has 0 bridgehead atoms. The second-order valence-corrected chi connectivity index (χ2v) is 5.29. The van der Waals surface area contributed by atoms with Gasteiger partial charge in [0.15, 0.2) is 0 Å². The molecule has 0 saturated carbocycles. The lowest BCUT2D eigenvalue weighted by atomic mass is 9.99. The van der Waals surface area contributed by atoms with Crippen LogP contribution >= 0.6 is 11.6 Å². The largest absolute Gasteiger partial charge is 0.481 e. The minimum atomic E-state index is -0.910. The molecule has 0 unspecified atom stereocenters. The first kappa shape index (κ1) is 14.6. The van der Waals surface area contributed by atoms with Crippen LogP contribution in [0.1, 0.15) is 6.92 Å². The normalized spacial score (nSPS) is 21.9. The summed E-state index contributed by atoms with van der Waals surface area (Å²) in [5.74, 6) is -2.08. The number of nitrogens with one attached hydrogen (secondary N) is 1. The molecule has 5 nitrogen and oxygen atoms in total. The summed E-state index contributed by atoms with van der Waals surface area (Å²) in [6.07, 6.45) is 0. The quantitative estimate of drug-likeness (QED) is 0.882. The van der Waals surface area contributed by atoms with Gasteiger partial charge in [-0.05, 0) is 24.1 Å². The van der Waals surface area contributed by atoms with Crippen molar-refractivity contribution < 1.29 is 19.1 Å². The van der Waals surface area contributed by atoms with Gasteiger partial charge in [-0.15, -0.1) is 0 Å². The number of carboxylic acids is 1. The van der Waals surface area contributed by atoms with E-state index in [1.54, 1.807) is 6.92 Å². The van der Waals surface area contributed by atoms with Crippen molar-refractivity contribution in [1.82, 2.24) is 4.90 Å². The number of rotatable bonds is 2. The van der Waals surface area contributed by atoms with E-state index in [9.17, 15) is 14.0 Å². The molecule has 0 aliphatic carbocycles. The summed E-state index contributed by atoms with van der Waals surface area (Å²) in [6.45, 7) is 2.31. The number of benzene rings is 1. The van der Waals surface area contributed by atoms with Gasteiger partial charge in [0.25, 0.3) is 0 Å². The summed E-state index contributed by atoms with van der Waals surface area (Å²) in [6, 6.07) is 3.22. The Hall–Kier alpha value is -1.82. The molecule has 0 aromatic heterocycles. The number of carbonyl (C=O) groups is 2. The van der Waals surface area contributed by atoms with E-state index in [0.29, 0.717) is 12.2 Å². The fourth-order valence-corrected chi connectivity index (χ4v) is 2.45. The van der Waals surface area contributed by atoms with Crippen molar-refractivity contribution >= 4 is 29.3 Å². The summed E-state index contributed by atoms with van der Waals surface area (Å²) < 4.78 is 12.9. The molecule has 1 aromatic rings. The molecule has 1 saturated heterocycles. The molecule has 108 valence electrons. The van der Waals surface area contributed by atoms with Crippen molar-refractivity contribution in [1.29, 1.82) is 0 Å². The van der Waals surface area contributed by atoms with Crippen molar-refractivity contribution in [2.45, 2.75) is 6.92 Å². The van der Waals surface area contributed by atoms with E-state index in [0.717, 1.165) is 6.07 Å². The number of hydrogen-bond donors (Lipinski definition) is 2. The average Bonchev–Trinajstić information content (AvgIpc) is 2.75. The molecule has 0 spiro atoms. The van der Waals surface area contributed by atoms with E-state index >= 15 is 0 Å². The minimum Gasteiger partial charge on any atom is -0.481 e. The van der Waals surface area contributed by atoms with E-state index in [1.165, 1.54) is 17.0 Å². The van der Waals surface area contributed by atoms with Gasteiger partial charge < -0.3 is 15.3 Å². The zero-order chi connectivity index (χ0) is 14.9. The van der Waals surface area contributed by atoms with Gasteiger partial charge >= 0.3 is 12.0 Å². The zero-order valence-corrected chi connectivity index (χ0v) is 11.5. The molecule has 1 aliphatic rings. The Kier molecular flexibility index (Phi) is 4.13. The highest BCUT2D eigenvalue weighted by molar-refractivity contribution is 6.33. The van der Waals surface area contributed by atoms with E-state index in [-0.39, 0.29) is 17.5 Å². The first-order chi connectivity index (χ1) is 9.38. The number of carboxylic acid groups (broad SMARTS) is 1. The number of urea groups is 1. The second kappa shape index (κ2) is 5.66. The predicted octanol–water partition coefficient (Wildman–Crippen LogP) is 2.66. The average molecular weight is 301 g/mol. The van der Waals surface area contributed by atoms with Gasteiger partial charge in [-0.3, -0.25) is 4.79 Å². The highest BCUT2D eigenvalue weighted by Gasteiger charge is 2.37. The van der Waals surface area contributed by atoms with Crippen molar-refractivity contribution in [2.75, 3.05) is 18.4 Å². The number of aliphatic carboxylic acids is 1. The Balaban J connectivity index is 2.04. The first-order valence-electron chi connectivity index (χ1n) is 6.12. The number of nitrogens with zero attached hydrogens (tertiary/aromatic N) is 1. The van der Waals surface area contributed by atoms with Crippen LogP contribution in [0.4, 0.5) is 14.9 Å². The lowest BCUT2D eigenvalue weighted by molar-refractivity contribution is -0.142. The molecule has 7 heteroatoms. The van der Waals surface area contributed by atoms with Crippen LogP contribution in [-0.2, 0) is 4.79 Å². The number of likely N-dealkylation sites (tertiary alicyclic amines) is 1. The second-order valence-electron chi connectivity index (χ2n) is 4.88. The molecule has 20 heavy (non-hydrogen) atoms. The highest BCUT2D eigenvalue weighted by Crippen LogP contribution is 2.26. The van der Waals surface area contributed by atoms with Gasteiger partial charge in [0, 0.05) is 13.1 Å². The monoisotopic (exact) mass is 300 g/mol. The van der Waals surface area contributed by atoms with Crippen LogP contribution in [-0.4, -0.2) is 35.1 Å². The van der Waals surface area contributed by atoms with Gasteiger partial charge in [0.2, 0.25) is 0 Å². The molecule has 2 amide bonds. The molecule has 1 heterocycles. The SMILES string of the molecule is C[C@@H]1CN(C(=O)Nc2ccc(F)cc2Cl)C[C@H]1C(=O)O. The van der Waals surface area contributed by atoms with Crippen molar-refractivity contribution in [2.24, 2.45) is 11.8 Å². The molecule has 2 rings (SSSR count). The topological polar surface area (TPSA) is 69.6 Å². The van der Waals surface area contributed by atoms with Crippen LogP contribution in [0.2, 0.25) is 5.02 Å². The smallest absolute Gasteiger partial charge is 0.321 e. The Morgan fingerprint density at radius 2 is 2.15 bits per heavy atom. The van der Waals surface area contributed by atoms with E-state index < -0.39 is 23.7 Å². The van der Waals surface area contributed by atoms with Gasteiger partial charge in [0.05, 0.1) is 16.6 Å². The Bertz CT molecular complexity index is 552. The maximum atomic E-state index is 12.9. The van der Waals surface area contributed by atoms with Crippen LogP contribution in [0.3, 0.4) is 0 Å². The van der Waals surface area contributed by atoms with E-state index in [4.69, 9.17) is 16.7 Å². The molecule has 2 atom stereocenters. The lowest BCUT2D eigenvalue weighted by Crippen LogP contribution is -2.33. The van der Waals surface area contributed by atoms with Gasteiger partial charge in [0.1, 0.15) is 5.82 Å². The summed E-state index contributed by atoms with van der Waals surface area (Å²) >= 11 is 5.82. The van der Waals surface area contributed by atoms with Gasteiger partial charge in [-0.25, -0.2) is 9.18 Å². The molecule has 0 radical (unpaired) electrons. The summed E-state index contributed by atoms with van der Waals surface area (Å²) in [4.78, 5) is 24.5. The minimum absolute atomic E-state index is 0.0976. The van der Waals surface area contributed by atoms with Crippen LogP contribution in [0.25, 0.3) is 0 Å². The number of amides is 2. The maximum Gasteiger partial charge on any atom is 0.321 e. The van der Waals surface area contributed by atoms with Crippen molar-refractivity contribution in [3.8, 4) is 0 Å². The Morgan fingerprint density at radius 3 is 2.70 bits per heavy atom. The third kappa shape index (κ3) is 3.01.